The van der Waals surface area contributed by atoms with Gasteiger partial charge in [-0.2, -0.15) is 13.2 Å². The zero-order valence-corrected chi connectivity index (χ0v) is 15.6. The number of ether oxygens (including phenoxy) is 1. The quantitative estimate of drug-likeness (QED) is 0.565. The maximum absolute atomic E-state index is 13.0. The van der Waals surface area contributed by atoms with E-state index in [1.54, 1.807) is 30.3 Å². The summed E-state index contributed by atoms with van der Waals surface area (Å²) in [6.45, 7) is 3.68. The summed E-state index contributed by atoms with van der Waals surface area (Å²) < 4.78 is 67.6. The molecule has 0 spiro atoms. The molecule has 144 valence electrons. The zero-order valence-electron chi connectivity index (χ0n) is 14.0. The highest BCUT2D eigenvalue weighted by Crippen LogP contribution is 2.50. The lowest BCUT2D eigenvalue weighted by atomic mass is 9.90. The molecule has 1 heterocycles. The number of rotatable bonds is 5. The number of sulfonamides is 1. The predicted molar refractivity (Wildman–Crippen MR) is 98.8 cm³/mol. The van der Waals surface area contributed by atoms with Crippen LogP contribution in [0.5, 0.6) is 5.75 Å². The fraction of sp³-hybridized carbons (Fsp3) is 0.222. The first-order valence-corrected chi connectivity index (χ1v) is 10.4. The number of fused-ring (bicyclic) bond motifs is 3. The fourth-order valence-electron chi connectivity index (χ4n) is 3.06. The van der Waals surface area contributed by atoms with Crippen LogP contribution in [0.25, 0.3) is 11.1 Å². The van der Waals surface area contributed by atoms with Crippen molar-refractivity contribution in [3.8, 4) is 16.9 Å². The Labute approximate surface area is 159 Å². The van der Waals surface area contributed by atoms with Crippen molar-refractivity contribution in [1.82, 2.24) is 0 Å². The topological polar surface area (TPSA) is 69.4 Å². The number of benzene rings is 2. The van der Waals surface area contributed by atoms with Crippen molar-refractivity contribution in [1.29, 1.82) is 0 Å². The van der Waals surface area contributed by atoms with Gasteiger partial charge in [0.05, 0.1) is 5.75 Å². The molecule has 0 aliphatic carbocycles. The summed E-state index contributed by atoms with van der Waals surface area (Å²) in [6.07, 6.45) is 1.58. The van der Waals surface area contributed by atoms with E-state index >= 15 is 0 Å². The first-order valence-electron chi connectivity index (χ1n) is 7.87. The summed E-state index contributed by atoms with van der Waals surface area (Å²) in [5, 5.41) is 5.10. The van der Waals surface area contributed by atoms with Gasteiger partial charge in [-0.15, -0.1) is 6.58 Å². The SMILES string of the molecule is C=CCC1Oc2cccc(SC(F)(F)F)c2-c2ccc(CS(N)(=O)=O)cc21. The number of hydrogen-bond acceptors (Lipinski definition) is 4. The molecule has 4 nitrogen and oxygen atoms in total. The van der Waals surface area contributed by atoms with Crippen LogP contribution < -0.4 is 9.88 Å². The third-order valence-electron chi connectivity index (χ3n) is 3.96. The lowest BCUT2D eigenvalue weighted by Crippen LogP contribution is -2.17. The molecule has 0 amide bonds. The largest absolute Gasteiger partial charge is 0.485 e. The van der Waals surface area contributed by atoms with E-state index < -0.39 is 21.6 Å². The van der Waals surface area contributed by atoms with E-state index in [1.807, 2.05) is 0 Å². The number of halogens is 3. The monoisotopic (exact) mass is 415 g/mol. The Bertz CT molecular complexity index is 988. The van der Waals surface area contributed by atoms with Gasteiger partial charge in [0.15, 0.2) is 0 Å². The van der Waals surface area contributed by atoms with Crippen molar-refractivity contribution in [2.24, 2.45) is 5.14 Å². The van der Waals surface area contributed by atoms with Gasteiger partial charge in [0, 0.05) is 22.4 Å². The average Bonchev–Trinajstić information content (AvgIpc) is 2.52. The van der Waals surface area contributed by atoms with Crippen LogP contribution in [0.4, 0.5) is 13.2 Å². The molecule has 3 rings (SSSR count). The van der Waals surface area contributed by atoms with E-state index in [0.29, 0.717) is 34.4 Å². The Morgan fingerprint density at radius 1 is 1.26 bits per heavy atom. The molecule has 2 aromatic carbocycles. The summed E-state index contributed by atoms with van der Waals surface area (Å²) in [5.74, 6) is -0.0183. The van der Waals surface area contributed by atoms with Crippen molar-refractivity contribution in [2.75, 3.05) is 0 Å². The molecule has 0 saturated carbocycles. The molecule has 1 atom stereocenters. The Kier molecular flexibility index (Phi) is 5.29. The van der Waals surface area contributed by atoms with Gasteiger partial charge < -0.3 is 4.74 Å². The fourth-order valence-corrected chi connectivity index (χ4v) is 4.41. The first kappa shape index (κ1) is 19.8. The summed E-state index contributed by atoms with van der Waals surface area (Å²) in [4.78, 5) is 0.0255. The summed E-state index contributed by atoms with van der Waals surface area (Å²) in [7, 11) is -3.74. The van der Waals surface area contributed by atoms with E-state index in [4.69, 9.17) is 9.88 Å². The van der Waals surface area contributed by atoms with E-state index in [-0.39, 0.29) is 22.4 Å². The van der Waals surface area contributed by atoms with Crippen molar-refractivity contribution < 1.29 is 26.3 Å². The molecule has 0 aromatic heterocycles. The molecule has 2 N–H and O–H groups in total. The predicted octanol–water partition coefficient (Wildman–Crippen LogP) is 4.76. The second kappa shape index (κ2) is 7.21. The third-order valence-corrected chi connectivity index (χ3v) is 5.49. The molecule has 1 aliphatic heterocycles. The number of thioether (sulfide) groups is 1. The van der Waals surface area contributed by atoms with Gasteiger partial charge in [-0.05, 0) is 35.0 Å². The second-order valence-electron chi connectivity index (χ2n) is 6.04. The van der Waals surface area contributed by atoms with E-state index in [1.165, 1.54) is 12.1 Å². The lowest BCUT2D eigenvalue weighted by molar-refractivity contribution is -0.0328. The molecule has 0 fully saturated rings. The van der Waals surface area contributed by atoms with Gasteiger partial charge in [-0.1, -0.05) is 30.3 Å². The van der Waals surface area contributed by atoms with Crippen molar-refractivity contribution >= 4 is 21.8 Å². The van der Waals surface area contributed by atoms with Gasteiger partial charge in [-0.3, -0.25) is 0 Å². The van der Waals surface area contributed by atoms with Gasteiger partial charge in [0.2, 0.25) is 10.0 Å². The van der Waals surface area contributed by atoms with Crippen LogP contribution >= 0.6 is 11.8 Å². The number of alkyl halides is 3. The first-order chi connectivity index (χ1) is 12.6. The smallest absolute Gasteiger partial charge is 0.446 e. The van der Waals surface area contributed by atoms with Gasteiger partial charge in [-0.25, -0.2) is 13.6 Å². The normalized spacial score (nSPS) is 16.2. The van der Waals surface area contributed by atoms with Crippen molar-refractivity contribution in [3.05, 3.63) is 60.2 Å². The minimum Gasteiger partial charge on any atom is -0.485 e. The maximum atomic E-state index is 13.0. The Morgan fingerprint density at radius 2 is 2.00 bits per heavy atom. The van der Waals surface area contributed by atoms with Gasteiger partial charge in [0.1, 0.15) is 11.9 Å². The number of hydrogen-bond donors (Lipinski definition) is 1. The van der Waals surface area contributed by atoms with Crippen LogP contribution in [-0.2, 0) is 15.8 Å². The highest BCUT2D eigenvalue weighted by Gasteiger charge is 2.34. The maximum Gasteiger partial charge on any atom is 0.446 e. The van der Waals surface area contributed by atoms with Crippen LogP contribution in [0.1, 0.15) is 23.7 Å². The van der Waals surface area contributed by atoms with Crippen LogP contribution in [0.15, 0.2) is 53.9 Å². The average molecular weight is 415 g/mol. The molecule has 9 heteroatoms. The molecule has 0 saturated heterocycles. The number of primary sulfonamides is 1. The Morgan fingerprint density at radius 3 is 2.63 bits per heavy atom. The van der Waals surface area contributed by atoms with E-state index in [9.17, 15) is 21.6 Å². The minimum atomic E-state index is -4.44. The zero-order chi connectivity index (χ0) is 19.8. The van der Waals surface area contributed by atoms with Crippen molar-refractivity contribution in [3.63, 3.8) is 0 Å². The molecule has 27 heavy (non-hydrogen) atoms. The molecule has 1 unspecified atom stereocenters. The summed E-state index contributed by atoms with van der Waals surface area (Å²) in [6, 6.07) is 9.31. The molecule has 1 aliphatic rings. The highest BCUT2D eigenvalue weighted by atomic mass is 32.2. The van der Waals surface area contributed by atoms with Crippen LogP contribution in [0.2, 0.25) is 0 Å². The second-order valence-corrected chi connectivity index (χ2v) is 8.76. The molecular weight excluding hydrogens is 399 g/mol. The highest BCUT2D eigenvalue weighted by molar-refractivity contribution is 8.00. The summed E-state index contributed by atoms with van der Waals surface area (Å²) in [5.41, 5.74) is -2.47. The number of nitrogens with two attached hydrogens (primary N) is 1. The third kappa shape index (κ3) is 4.66. The summed E-state index contributed by atoms with van der Waals surface area (Å²) >= 11 is -0.208. The minimum absolute atomic E-state index is 0.0255. The standard InChI is InChI=1S/C18H16F3NO3S2/c1-2-4-14-13-9-11(10-27(22,23)24)7-8-12(13)17-15(25-14)5-3-6-16(17)26-18(19,20)21/h2-3,5-9,14H,1,4,10H2,(H2,22,23,24). The van der Waals surface area contributed by atoms with E-state index in [0.717, 1.165) is 0 Å². The molecule has 0 radical (unpaired) electrons. The van der Waals surface area contributed by atoms with Gasteiger partial charge in [0.25, 0.3) is 0 Å². The Hall–Kier alpha value is -1.97. The molecular formula is C18H16F3NO3S2. The molecule has 0 bridgehead atoms. The van der Waals surface area contributed by atoms with Gasteiger partial charge >= 0.3 is 5.51 Å². The van der Waals surface area contributed by atoms with Crippen molar-refractivity contribution in [2.45, 2.75) is 28.7 Å². The van der Waals surface area contributed by atoms with Crippen LogP contribution in [0.3, 0.4) is 0 Å². The van der Waals surface area contributed by atoms with E-state index in [2.05, 4.69) is 6.58 Å². The van der Waals surface area contributed by atoms with Crippen LogP contribution in [0, 0.1) is 0 Å². The van der Waals surface area contributed by atoms with Crippen LogP contribution in [-0.4, -0.2) is 13.9 Å². The Balaban J connectivity index is 2.16. The lowest BCUT2D eigenvalue weighted by Gasteiger charge is -2.30. The molecule has 2 aromatic rings.